The third kappa shape index (κ3) is 6.14. The number of carbonyl (C=O) groups is 1. The number of benzene rings is 2. The molecule has 178 valence electrons. The normalized spacial score (nSPS) is 12.6. The van der Waals surface area contributed by atoms with Crippen molar-refractivity contribution in [1.29, 1.82) is 0 Å². The molecular formula is C28H38ClNOP2. The molecule has 0 aliphatic carbocycles. The van der Waals surface area contributed by atoms with E-state index in [-0.39, 0.29) is 15.8 Å². The van der Waals surface area contributed by atoms with Crippen LogP contribution in [0.25, 0.3) is 21.8 Å². The summed E-state index contributed by atoms with van der Waals surface area (Å²) in [4.78, 5) is 17.4. The summed E-state index contributed by atoms with van der Waals surface area (Å²) in [6.45, 7) is 18.6. The minimum absolute atomic E-state index is 0.123. The molecule has 0 bridgehead atoms. The van der Waals surface area contributed by atoms with Gasteiger partial charge in [0.25, 0.3) is 5.24 Å². The summed E-state index contributed by atoms with van der Waals surface area (Å²) < 4.78 is 0. The van der Waals surface area contributed by atoms with E-state index in [1.54, 1.807) is 0 Å². The number of nitrogens with zero attached hydrogens (tertiary/aromatic N) is 1. The molecule has 3 rings (SSSR count). The average Bonchev–Trinajstić information content (AvgIpc) is 2.72. The molecule has 0 amide bonds. The first-order chi connectivity index (χ1) is 15.5. The fraction of sp³-hybridized carbons (Fsp3) is 0.500. The molecular weight excluding hydrogens is 464 g/mol. The Morgan fingerprint density at radius 3 is 1.79 bits per heavy atom. The highest BCUT2D eigenvalue weighted by molar-refractivity contribution is 7.58. The van der Waals surface area contributed by atoms with Gasteiger partial charge in [0.2, 0.25) is 0 Å². The number of rotatable bonds is 9. The Morgan fingerprint density at radius 1 is 0.758 bits per heavy atom. The molecule has 0 spiro atoms. The second kappa shape index (κ2) is 11.1. The lowest BCUT2D eigenvalue weighted by Gasteiger charge is -2.27. The summed E-state index contributed by atoms with van der Waals surface area (Å²) in [7, 11) is -0.356. The van der Waals surface area contributed by atoms with E-state index >= 15 is 0 Å². The van der Waals surface area contributed by atoms with Crippen molar-refractivity contribution in [2.45, 2.75) is 90.3 Å². The molecule has 1 aromatic heterocycles. The lowest BCUT2D eigenvalue weighted by Crippen LogP contribution is -2.07. The zero-order chi connectivity index (χ0) is 24.4. The topological polar surface area (TPSA) is 30.0 Å². The predicted octanol–water partition coefficient (Wildman–Crippen LogP) is 9.36. The van der Waals surface area contributed by atoms with E-state index in [4.69, 9.17) is 16.6 Å². The van der Waals surface area contributed by atoms with Gasteiger partial charge < -0.3 is 0 Å². The van der Waals surface area contributed by atoms with E-state index in [1.165, 1.54) is 5.56 Å². The highest BCUT2D eigenvalue weighted by Gasteiger charge is 2.22. The maximum atomic E-state index is 12.1. The van der Waals surface area contributed by atoms with Gasteiger partial charge in [0, 0.05) is 16.3 Å². The van der Waals surface area contributed by atoms with Crippen LogP contribution in [0.1, 0.15) is 76.9 Å². The van der Waals surface area contributed by atoms with Crippen molar-refractivity contribution in [3.8, 4) is 0 Å². The van der Waals surface area contributed by atoms with Gasteiger partial charge in [0.1, 0.15) is 0 Å². The molecule has 5 heteroatoms. The first-order valence-corrected chi connectivity index (χ1v) is 15.8. The van der Waals surface area contributed by atoms with Crippen LogP contribution in [-0.4, -0.2) is 32.9 Å². The zero-order valence-electron chi connectivity index (χ0n) is 21.3. The molecule has 0 atom stereocenters. The van der Waals surface area contributed by atoms with E-state index < -0.39 is 5.24 Å². The van der Waals surface area contributed by atoms with Crippen molar-refractivity contribution in [3.05, 3.63) is 53.1 Å². The zero-order valence-corrected chi connectivity index (χ0v) is 23.9. The van der Waals surface area contributed by atoms with Crippen molar-refractivity contribution in [2.75, 3.05) is 0 Å². The van der Waals surface area contributed by atoms with Gasteiger partial charge >= 0.3 is 0 Å². The Hall–Kier alpha value is -1.07. The molecule has 0 aliphatic heterocycles. The SMILES string of the molecule is CC(C)P(Cc1cccc2cc3cc(C(=O)Cl)cc(CP(C(C)C)C(C)C)c3nc12)C(C)C. The number of halogens is 1. The molecule has 1 heterocycles. The number of fused-ring (bicyclic) bond motifs is 2. The molecule has 2 aromatic carbocycles. The molecule has 0 saturated carbocycles. The molecule has 0 N–H and O–H groups in total. The van der Waals surface area contributed by atoms with Crippen molar-refractivity contribution < 1.29 is 4.79 Å². The van der Waals surface area contributed by atoms with Gasteiger partial charge in [-0.3, -0.25) is 4.79 Å². The highest BCUT2D eigenvalue weighted by Crippen LogP contribution is 2.51. The maximum absolute atomic E-state index is 12.1. The minimum Gasteiger partial charge on any atom is -0.276 e. The number of aromatic nitrogens is 1. The van der Waals surface area contributed by atoms with Crippen LogP contribution in [0.2, 0.25) is 0 Å². The first kappa shape index (κ1) is 26.5. The molecule has 0 unspecified atom stereocenters. The van der Waals surface area contributed by atoms with Crippen LogP contribution >= 0.6 is 27.4 Å². The molecule has 0 radical (unpaired) electrons. The maximum Gasteiger partial charge on any atom is 0.252 e. The van der Waals surface area contributed by atoms with Crippen molar-refractivity contribution in [1.82, 2.24) is 4.98 Å². The van der Waals surface area contributed by atoms with Crippen molar-refractivity contribution in [2.24, 2.45) is 0 Å². The number of carbonyl (C=O) groups excluding carboxylic acids is 1. The Kier molecular flexibility index (Phi) is 8.94. The van der Waals surface area contributed by atoms with E-state index in [1.807, 2.05) is 12.1 Å². The molecule has 3 aromatic rings. The predicted molar refractivity (Wildman–Crippen MR) is 151 cm³/mol. The van der Waals surface area contributed by atoms with E-state index in [0.717, 1.165) is 39.7 Å². The van der Waals surface area contributed by atoms with Gasteiger partial charge in [-0.2, -0.15) is 0 Å². The van der Waals surface area contributed by atoms with E-state index in [2.05, 4.69) is 79.7 Å². The summed E-state index contributed by atoms with van der Waals surface area (Å²) in [5.74, 6) is 0. The fourth-order valence-corrected chi connectivity index (χ4v) is 10.0. The van der Waals surface area contributed by atoms with E-state index in [0.29, 0.717) is 28.2 Å². The monoisotopic (exact) mass is 501 g/mol. The number of hydrogen-bond donors (Lipinski definition) is 0. The van der Waals surface area contributed by atoms with Crippen LogP contribution < -0.4 is 0 Å². The lowest BCUT2D eigenvalue weighted by molar-refractivity contribution is 0.108. The molecule has 0 fully saturated rings. The Balaban J connectivity index is 2.22. The van der Waals surface area contributed by atoms with Gasteiger partial charge in [0.05, 0.1) is 11.0 Å². The Labute approximate surface area is 207 Å². The molecule has 0 saturated heterocycles. The third-order valence-electron chi connectivity index (χ3n) is 6.49. The highest BCUT2D eigenvalue weighted by atomic mass is 35.5. The quantitative estimate of drug-likeness (QED) is 0.166. The van der Waals surface area contributed by atoms with Crippen molar-refractivity contribution in [3.63, 3.8) is 0 Å². The Bertz CT molecular complexity index is 1120. The van der Waals surface area contributed by atoms with Gasteiger partial charge in [-0.15, -0.1) is 0 Å². The number of pyridine rings is 1. The van der Waals surface area contributed by atoms with Crippen LogP contribution in [0.5, 0.6) is 0 Å². The van der Waals surface area contributed by atoms with Gasteiger partial charge in [-0.25, -0.2) is 4.98 Å². The fourth-order valence-electron chi connectivity index (χ4n) is 4.79. The summed E-state index contributed by atoms with van der Waals surface area (Å²) in [5.41, 5.74) is 7.82. The molecule has 33 heavy (non-hydrogen) atoms. The molecule has 0 aliphatic rings. The van der Waals surface area contributed by atoms with Gasteiger partial charge in [-0.05, 0) is 75.9 Å². The summed E-state index contributed by atoms with van der Waals surface area (Å²) in [5, 5.41) is 1.76. The number of hydrogen-bond acceptors (Lipinski definition) is 2. The Morgan fingerprint density at radius 2 is 1.27 bits per heavy atom. The van der Waals surface area contributed by atoms with Crippen LogP contribution in [0.3, 0.4) is 0 Å². The first-order valence-electron chi connectivity index (χ1n) is 12.1. The summed E-state index contributed by atoms with van der Waals surface area (Å²) in [6.07, 6.45) is 2.06. The van der Waals surface area contributed by atoms with Crippen LogP contribution in [0.4, 0.5) is 0 Å². The lowest BCUT2D eigenvalue weighted by atomic mass is 10.0. The van der Waals surface area contributed by atoms with Gasteiger partial charge in [0.15, 0.2) is 0 Å². The second-order valence-electron chi connectivity index (χ2n) is 10.2. The second-order valence-corrected chi connectivity index (χ2v) is 17.3. The third-order valence-corrected chi connectivity index (χ3v) is 13.4. The van der Waals surface area contributed by atoms with Crippen molar-refractivity contribution >= 4 is 54.5 Å². The molecule has 2 nitrogen and oxygen atoms in total. The largest absolute Gasteiger partial charge is 0.276 e. The van der Waals surface area contributed by atoms with Gasteiger partial charge in [-0.1, -0.05) is 89.4 Å². The van der Waals surface area contributed by atoms with Crippen LogP contribution in [-0.2, 0) is 12.3 Å². The standard InChI is InChI=1S/C28H38ClNOP2/c1-17(2)32(18(3)4)15-22-11-9-10-21-12-23-13-24(28(29)31)14-25(27(23)30-26(21)22)16-33(19(5)6)20(7)8/h9-14,17-20H,15-16H2,1-8H3. The van der Waals surface area contributed by atoms with Crippen LogP contribution in [0.15, 0.2) is 36.4 Å². The van der Waals surface area contributed by atoms with E-state index in [9.17, 15) is 4.79 Å². The minimum atomic E-state index is -0.398. The average molecular weight is 502 g/mol. The van der Waals surface area contributed by atoms with Crippen LogP contribution in [0, 0.1) is 0 Å². The number of para-hydroxylation sites is 1. The summed E-state index contributed by atoms with van der Waals surface area (Å²) >= 11 is 5.95. The summed E-state index contributed by atoms with van der Waals surface area (Å²) in [6, 6.07) is 12.7. The smallest absolute Gasteiger partial charge is 0.252 e.